The van der Waals surface area contributed by atoms with Crippen molar-refractivity contribution in [2.75, 3.05) is 16.2 Å². The van der Waals surface area contributed by atoms with Gasteiger partial charge in [-0.15, -0.1) is 0 Å². The van der Waals surface area contributed by atoms with Crippen LogP contribution in [-0.2, 0) is 21.9 Å². The molecule has 30 heavy (non-hydrogen) atoms. The van der Waals surface area contributed by atoms with Gasteiger partial charge in [-0.05, 0) is 49.7 Å². The first-order chi connectivity index (χ1) is 14.3. The predicted molar refractivity (Wildman–Crippen MR) is 115 cm³/mol. The fourth-order valence-electron chi connectivity index (χ4n) is 3.61. The van der Waals surface area contributed by atoms with Crippen molar-refractivity contribution in [2.45, 2.75) is 24.7 Å². The van der Waals surface area contributed by atoms with E-state index in [9.17, 15) is 18.0 Å². The zero-order valence-electron chi connectivity index (χ0n) is 16.7. The van der Waals surface area contributed by atoms with E-state index in [-0.39, 0.29) is 16.5 Å². The number of carbonyl (C=O) groups is 1. The quantitative estimate of drug-likeness (QED) is 0.678. The maximum absolute atomic E-state index is 13.0. The predicted octanol–water partition coefficient (Wildman–Crippen LogP) is 2.41. The Labute approximate surface area is 174 Å². The molecule has 1 aromatic heterocycles. The molecule has 0 radical (unpaired) electrons. The lowest BCUT2D eigenvalue weighted by molar-refractivity contribution is -0.117. The second kappa shape index (κ2) is 7.49. The van der Waals surface area contributed by atoms with E-state index < -0.39 is 15.6 Å². The van der Waals surface area contributed by atoms with Crippen LogP contribution in [0.3, 0.4) is 0 Å². The third-order valence-electron chi connectivity index (χ3n) is 5.32. The molecule has 0 spiro atoms. The van der Waals surface area contributed by atoms with Gasteiger partial charge in [0.15, 0.2) is 0 Å². The van der Waals surface area contributed by atoms with Gasteiger partial charge in [0.25, 0.3) is 15.6 Å². The summed E-state index contributed by atoms with van der Waals surface area (Å²) in [6.45, 7) is 2.31. The Morgan fingerprint density at radius 2 is 1.60 bits per heavy atom. The van der Waals surface area contributed by atoms with Gasteiger partial charge >= 0.3 is 0 Å². The van der Waals surface area contributed by atoms with Gasteiger partial charge in [-0.25, -0.2) is 13.1 Å². The van der Waals surface area contributed by atoms with Crippen LogP contribution in [0.15, 0.2) is 64.3 Å². The summed E-state index contributed by atoms with van der Waals surface area (Å²) < 4.78 is 31.3. The summed E-state index contributed by atoms with van der Waals surface area (Å²) >= 11 is 0. The molecule has 4 rings (SSSR count). The highest BCUT2D eigenvalue weighted by Crippen LogP contribution is 2.24. The van der Waals surface area contributed by atoms with Crippen LogP contribution < -0.4 is 15.2 Å². The lowest BCUT2D eigenvalue weighted by Gasteiger charge is -2.16. The third-order valence-corrected chi connectivity index (χ3v) is 6.69. The SMILES string of the molecule is Cc1c(NS(=O)(=O)c2ccc(N3CCCC3=O)cc2)c(=O)n(-c2ccccc2)n1C. The summed E-state index contributed by atoms with van der Waals surface area (Å²) in [4.78, 5) is 26.5. The van der Waals surface area contributed by atoms with Gasteiger partial charge in [-0.3, -0.25) is 19.0 Å². The zero-order valence-corrected chi connectivity index (χ0v) is 17.5. The lowest BCUT2D eigenvalue weighted by Crippen LogP contribution is -2.24. The van der Waals surface area contributed by atoms with E-state index in [1.807, 2.05) is 6.07 Å². The molecular formula is C21H22N4O4S. The van der Waals surface area contributed by atoms with Gasteiger partial charge < -0.3 is 4.90 Å². The molecule has 156 valence electrons. The van der Waals surface area contributed by atoms with E-state index in [2.05, 4.69) is 4.72 Å². The largest absolute Gasteiger partial charge is 0.312 e. The Bertz CT molecular complexity index is 1260. The molecule has 3 aromatic rings. The molecule has 1 N–H and O–H groups in total. The molecule has 0 unspecified atom stereocenters. The van der Waals surface area contributed by atoms with E-state index in [4.69, 9.17) is 0 Å². The molecule has 1 aliphatic rings. The highest BCUT2D eigenvalue weighted by molar-refractivity contribution is 7.92. The maximum Gasteiger partial charge on any atom is 0.296 e. The first-order valence-corrected chi connectivity index (χ1v) is 11.1. The maximum atomic E-state index is 13.0. The fourth-order valence-corrected chi connectivity index (χ4v) is 4.72. The Kier molecular flexibility index (Phi) is 4.98. The Hall–Kier alpha value is -3.33. The normalized spacial score (nSPS) is 14.3. The molecule has 0 atom stereocenters. The van der Waals surface area contributed by atoms with Crippen molar-refractivity contribution in [3.63, 3.8) is 0 Å². The number of anilines is 2. The second-order valence-electron chi connectivity index (χ2n) is 7.18. The highest BCUT2D eigenvalue weighted by atomic mass is 32.2. The van der Waals surface area contributed by atoms with Crippen molar-refractivity contribution in [1.82, 2.24) is 9.36 Å². The molecule has 0 bridgehead atoms. The van der Waals surface area contributed by atoms with Crippen LogP contribution in [0.1, 0.15) is 18.5 Å². The Morgan fingerprint density at radius 3 is 2.20 bits per heavy atom. The van der Waals surface area contributed by atoms with E-state index in [0.717, 1.165) is 6.42 Å². The van der Waals surface area contributed by atoms with Crippen LogP contribution in [0, 0.1) is 6.92 Å². The molecule has 1 amide bonds. The lowest BCUT2D eigenvalue weighted by atomic mass is 10.3. The molecule has 1 aliphatic heterocycles. The van der Waals surface area contributed by atoms with Crippen LogP contribution in [-0.4, -0.2) is 30.2 Å². The summed E-state index contributed by atoms with van der Waals surface area (Å²) in [5, 5.41) is 0. The van der Waals surface area contributed by atoms with E-state index >= 15 is 0 Å². The third kappa shape index (κ3) is 3.41. The number of nitrogens with one attached hydrogen (secondary N) is 1. The standard InChI is InChI=1S/C21H22N4O4S/c1-15-20(21(27)25(23(15)2)17-7-4-3-5-8-17)22-30(28,29)18-12-10-16(11-13-18)24-14-6-9-19(24)26/h3-5,7-8,10-13,22H,6,9,14H2,1-2H3. The summed E-state index contributed by atoms with van der Waals surface area (Å²) in [7, 11) is -2.28. The minimum Gasteiger partial charge on any atom is -0.312 e. The number of carbonyl (C=O) groups excluding carboxylic acids is 1. The molecule has 9 heteroatoms. The van der Waals surface area contributed by atoms with Gasteiger partial charge in [-0.2, -0.15) is 0 Å². The van der Waals surface area contributed by atoms with Gasteiger partial charge in [0.2, 0.25) is 5.91 Å². The minimum atomic E-state index is -3.98. The van der Waals surface area contributed by atoms with Crippen LogP contribution >= 0.6 is 0 Å². The molecule has 2 heterocycles. The number of nitrogens with zero attached hydrogens (tertiary/aromatic N) is 3. The molecule has 1 fully saturated rings. The van der Waals surface area contributed by atoms with Crippen molar-refractivity contribution in [3.05, 3.63) is 70.6 Å². The first kappa shape index (κ1) is 20.0. The van der Waals surface area contributed by atoms with Crippen LogP contribution in [0.2, 0.25) is 0 Å². The Morgan fingerprint density at radius 1 is 0.933 bits per heavy atom. The molecule has 2 aromatic carbocycles. The van der Waals surface area contributed by atoms with Crippen LogP contribution in [0.5, 0.6) is 0 Å². The summed E-state index contributed by atoms with van der Waals surface area (Å²) in [6.07, 6.45) is 1.30. The molecule has 0 saturated carbocycles. The number of hydrogen-bond donors (Lipinski definition) is 1. The number of benzene rings is 2. The van der Waals surface area contributed by atoms with Crippen LogP contribution in [0.4, 0.5) is 11.4 Å². The van der Waals surface area contributed by atoms with Gasteiger partial charge in [-0.1, -0.05) is 18.2 Å². The first-order valence-electron chi connectivity index (χ1n) is 9.57. The average Bonchev–Trinajstić information content (AvgIpc) is 3.25. The smallest absolute Gasteiger partial charge is 0.296 e. The second-order valence-corrected chi connectivity index (χ2v) is 8.87. The van der Waals surface area contributed by atoms with Crippen LogP contribution in [0.25, 0.3) is 5.69 Å². The number of sulfonamides is 1. The number of rotatable bonds is 5. The van der Waals surface area contributed by atoms with Gasteiger partial charge in [0.1, 0.15) is 5.69 Å². The van der Waals surface area contributed by atoms with Gasteiger partial charge in [0.05, 0.1) is 16.3 Å². The van der Waals surface area contributed by atoms with Crippen molar-refractivity contribution in [2.24, 2.45) is 7.05 Å². The number of para-hydroxylation sites is 1. The molecule has 1 saturated heterocycles. The van der Waals surface area contributed by atoms with E-state index in [1.165, 1.54) is 16.8 Å². The minimum absolute atomic E-state index is 0.000139. The summed E-state index contributed by atoms with van der Waals surface area (Å²) in [5.74, 6) is 0.0325. The number of aromatic nitrogens is 2. The van der Waals surface area contributed by atoms with Crippen molar-refractivity contribution in [3.8, 4) is 5.69 Å². The molecular weight excluding hydrogens is 404 g/mol. The molecule has 0 aliphatic carbocycles. The average molecular weight is 426 g/mol. The van der Waals surface area contributed by atoms with Crippen molar-refractivity contribution in [1.29, 1.82) is 0 Å². The summed E-state index contributed by atoms with van der Waals surface area (Å²) in [5.41, 5.74) is 1.34. The monoisotopic (exact) mass is 426 g/mol. The van der Waals surface area contributed by atoms with Crippen molar-refractivity contribution < 1.29 is 13.2 Å². The Balaban J connectivity index is 1.66. The van der Waals surface area contributed by atoms with Crippen molar-refractivity contribution >= 4 is 27.3 Å². The van der Waals surface area contributed by atoms with E-state index in [1.54, 1.807) is 60.0 Å². The number of amides is 1. The zero-order chi connectivity index (χ0) is 21.5. The van der Waals surface area contributed by atoms with Gasteiger partial charge in [0, 0.05) is 25.7 Å². The summed E-state index contributed by atoms with van der Waals surface area (Å²) in [6, 6.07) is 15.1. The van der Waals surface area contributed by atoms with E-state index in [0.29, 0.717) is 30.0 Å². The highest BCUT2D eigenvalue weighted by Gasteiger charge is 2.24. The topological polar surface area (TPSA) is 93.4 Å². The molecule has 8 nitrogen and oxygen atoms in total. The fraction of sp³-hybridized carbons (Fsp3) is 0.238. The number of hydrogen-bond acceptors (Lipinski definition) is 4.